The van der Waals surface area contributed by atoms with Crippen LogP contribution in [-0.4, -0.2) is 42.2 Å². The lowest BCUT2D eigenvalue weighted by molar-refractivity contribution is 0.0784. The number of benzene rings is 1. The molecule has 3 N–H and O–H groups in total. The number of aryl methyl sites for hydroxylation is 1. The maximum atomic E-state index is 12.5. The van der Waals surface area contributed by atoms with Gasteiger partial charge in [-0.25, -0.2) is 0 Å². The molecule has 2 rings (SSSR count). The van der Waals surface area contributed by atoms with Gasteiger partial charge in [-0.15, -0.1) is 0 Å². The van der Waals surface area contributed by atoms with E-state index in [0.717, 1.165) is 37.1 Å². The summed E-state index contributed by atoms with van der Waals surface area (Å²) in [5.74, 6) is 6.30. The van der Waals surface area contributed by atoms with Crippen molar-refractivity contribution in [2.75, 3.05) is 26.2 Å². The molecular weight excluding hydrogens is 264 g/mol. The van der Waals surface area contributed by atoms with Gasteiger partial charge in [-0.3, -0.25) is 4.79 Å². The van der Waals surface area contributed by atoms with Crippen molar-refractivity contribution in [3.63, 3.8) is 0 Å². The lowest BCUT2D eigenvalue weighted by atomic mass is 10.0. The van der Waals surface area contributed by atoms with Crippen LogP contribution in [0.4, 0.5) is 0 Å². The quantitative estimate of drug-likeness (QED) is 0.819. The predicted octanol–water partition coefficient (Wildman–Crippen LogP) is 1.15. The zero-order valence-corrected chi connectivity index (χ0v) is 12.4. The highest BCUT2D eigenvalue weighted by molar-refractivity contribution is 5.94. The van der Waals surface area contributed by atoms with Gasteiger partial charge in [-0.05, 0) is 43.4 Å². The Morgan fingerprint density at radius 2 is 2.33 bits per heavy atom. The van der Waals surface area contributed by atoms with E-state index in [-0.39, 0.29) is 12.5 Å². The lowest BCUT2D eigenvalue weighted by Crippen LogP contribution is -2.28. The fourth-order valence-corrected chi connectivity index (χ4v) is 2.65. The Labute approximate surface area is 125 Å². The number of nitrogens with two attached hydrogens (primary N) is 1. The Hall–Kier alpha value is -1.83. The molecule has 21 heavy (non-hydrogen) atoms. The van der Waals surface area contributed by atoms with E-state index in [1.807, 2.05) is 30.0 Å². The second-order valence-electron chi connectivity index (χ2n) is 5.45. The summed E-state index contributed by atoms with van der Waals surface area (Å²) in [5, 5.41) is 8.99. The maximum Gasteiger partial charge on any atom is 0.253 e. The fourth-order valence-electron chi connectivity index (χ4n) is 2.65. The normalized spacial score (nSPS) is 17.5. The number of nitrogens with zero attached hydrogens (tertiary/aromatic N) is 1. The fraction of sp³-hybridized carbons (Fsp3) is 0.471. The number of hydrogen-bond donors (Lipinski definition) is 2. The SMILES string of the molecule is Cc1ccc(C(=O)N2CCC(CCO)C2)cc1C#CCN. The van der Waals surface area contributed by atoms with Crippen LogP contribution in [0.3, 0.4) is 0 Å². The Morgan fingerprint density at radius 1 is 1.52 bits per heavy atom. The Kier molecular flexibility index (Phi) is 5.38. The minimum Gasteiger partial charge on any atom is -0.396 e. The van der Waals surface area contributed by atoms with Gasteiger partial charge in [0, 0.05) is 30.8 Å². The number of likely N-dealkylation sites (tertiary alicyclic amines) is 1. The number of aliphatic hydroxyl groups is 1. The molecule has 0 aliphatic carbocycles. The standard InChI is InChI=1S/C17H22N2O2/c1-13-4-5-16(11-15(13)3-2-8-18)17(21)19-9-6-14(12-19)7-10-20/h4-5,11,14,20H,6-10,12,18H2,1H3. The van der Waals surface area contributed by atoms with Crippen LogP contribution in [0.15, 0.2) is 18.2 Å². The van der Waals surface area contributed by atoms with Crippen LogP contribution in [0, 0.1) is 24.7 Å². The molecule has 0 saturated carbocycles. The third-order valence-corrected chi connectivity index (χ3v) is 3.92. The van der Waals surface area contributed by atoms with E-state index < -0.39 is 0 Å². The molecule has 1 amide bonds. The van der Waals surface area contributed by atoms with Gasteiger partial charge in [0.05, 0.1) is 6.54 Å². The highest BCUT2D eigenvalue weighted by Gasteiger charge is 2.26. The molecule has 1 aromatic carbocycles. The van der Waals surface area contributed by atoms with E-state index >= 15 is 0 Å². The third-order valence-electron chi connectivity index (χ3n) is 3.92. The van der Waals surface area contributed by atoms with Crippen molar-refractivity contribution in [2.45, 2.75) is 19.8 Å². The Balaban J connectivity index is 2.13. The molecule has 4 nitrogen and oxygen atoms in total. The van der Waals surface area contributed by atoms with Crippen LogP contribution in [0.5, 0.6) is 0 Å². The second-order valence-corrected chi connectivity index (χ2v) is 5.45. The molecule has 1 fully saturated rings. The minimum atomic E-state index is 0.0474. The average Bonchev–Trinajstić information content (AvgIpc) is 2.95. The van der Waals surface area contributed by atoms with Gasteiger partial charge < -0.3 is 15.7 Å². The number of aliphatic hydroxyl groups excluding tert-OH is 1. The maximum absolute atomic E-state index is 12.5. The summed E-state index contributed by atoms with van der Waals surface area (Å²) in [7, 11) is 0. The van der Waals surface area contributed by atoms with Crippen molar-refractivity contribution in [2.24, 2.45) is 11.7 Å². The van der Waals surface area contributed by atoms with Crippen molar-refractivity contribution in [3.05, 3.63) is 34.9 Å². The van der Waals surface area contributed by atoms with Crippen molar-refractivity contribution in [1.29, 1.82) is 0 Å². The van der Waals surface area contributed by atoms with Crippen LogP contribution in [0.25, 0.3) is 0 Å². The van der Waals surface area contributed by atoms with Crippen molar-refractivity contribution in [3.8, 4) is 11.8 Å². The minimum absolute atomic E-state index is 0.0474. The highest BCUT2D eigenvalue weighted by atomic mass is 16.3. The number of hydrogen-bond acceptors (Lipinski definition) is 3. The van der Waals surface area contributed by atoms with Gasteiger partial charge in [-0.1, -0.05) is 17.9 Å². The van der Waals surface area contributed by atoms with Gasteiger partial charge >= 0.3 is 0 Å². The summed E-state index contributed by atoms with van der Waals surface area (Å²) in [4.78, 5) is 14.4. The summed E-state index contributed by atoms with van der Waals surface area (Å²) in [5.41, 5.74) is 7.98. The molecule has 1 heterocycles. The first-order valence-electron chi connectivity index (χ1n) is 7.35. The number of rotatable bonds is 3. The largest absolute Gasteiger partial charge is 0.396 e. The van der Waals surface area contributed by atoms with Crippen molar-refractivity contribution >= 4 is 5.91 Å². The van der Waals surface area contributed by atoms with E-state index in [2.05, 4.69) is 11.8 Å². The third kappa shape index (κ3) is 3.84. The zero-order chi connectivity index (χ0) is 15.2. The Morgan fingerprint density at radius 3 is 3.05 bits per heavy atom. The predicted molar refractivity (Wildman–Crippen MR) is 82.8 cm³/mol. The molecule has 0 radical (unpaired) electrons. The molecule has 1 saturated heterocycles. The van der Waals surface area contributed by atoms with E-state index in [9.17, 15) is 4.79 Å². The summed E-state index contributed by atoms with van der Waals surface area (Å²) < 4.78 is 0. The molecule has 4 heteroatoms. The van der Waals surface area contributed by atoms with Gasteiger partial charge in [0.1, 0.15) is 0 Å². The molecule has 1 aliphatic heterocycles. The summed E-state index contributed by atoms with van der Waals surface area (Å²) in [6.45, 7) is 3.98. The van der Waals surface area contributed by atoms with E-state index in [0.29, 0.717) is 18.0 Å². The first kappa shape index (κ1) is 15.6. The van der Waals surface area contributed by atoms with E-state index in [1.165, 1.54) is 0 Å². The number of carbonyl (C=O) groups is 1. The van der Waals surface area contributed by atoms with Crippen LogP contribution >= 0.6 is 0 Å². The first-order valence-corrected chi connectivity index (χ1v) is 7.35. The number of amides is 1. The van der Waals surface area contributed by atoms with Gasteiger partial charge in [0.15, 0.2) is 0 Å². The van der Waals surface area contributed by atoms with Gasteiger partial charge in [0.25, 0.3) is 5.91 Å². The van der Waals surface area contributed by atoms with Gasteiger partial charge in [-0.2, -0.15) is 0 Å². The molecule has 0 spiro atoms. The molecule has 1 unspecified atom stereocenters. The van der Waals surface area contributed by atoms with Crippen molar-refractivity contribution < 1.29 is 9.90 Å². The van der Waals surface area contributed by atoms with Gasteiger partial charge in [0.2, 0.25) is 0 Å². The van der Waals surface area contributed by atoms with Crippen LogP contribution in [0.1, 0.15) is 34.3 Å². The summed E-state index contributed by atoms with van der Waals surface area (Å²) in [6.07, 6.45) is 1.74. The molecule has 0 aromatic heterocycles. The lowest BCUT2D eigenvalue weighted by Gasteiger charge is -2.17. The smallest absolute Gasteiger partial charge is 0.253 e. The van der Waals surface area contributed by atoms with Crippen LogP contribution in [-0.2, 0) is 0 Å². The Bertz CT molecular complexity index is 572. The summed E-state index contributed by atoms with van der Waals surface area (Å²) in [6, 6.07) is 5.62. The highest BCUT2D eigenvalue weighted by Crippen LogP contribution is 2.22. The monoisotopic (exact) mass is 286 g/mol. The van der Waals surface area contributed by atoms with Crippen molar-refractivity contribution in [1.82, 2.24) is 4.90 Å². The molecule has 112 valence electrons. The van der Waals surface area contributed by atoms with Crippen LogP contribution in [0.2, 0.25) is 0 Å². The first-order chi connectivity index (χ1) is 10.2. The molecular formula is C17H22N2O2. The summed E-state index contributed by atoms with van der Waals surface area (Å²) >= 11 is 0. The van der Waals surface area contributed by atoms with Crippen LogP contribution < -0.4 is 5.73 Å². The van der Waals surface area contributed by atoms with E-state index in [4.69, 9.17) is 10.8 Å². The molecule has 0 bridgehead atoms. The second kappa shape index (κ2) is 7.26. The average molecular weight is 286 g/mol. The molecule has 1 atom stereocenters. The topological polar surface area (TPSA) is 66.6 Å². The molecule has 1 aliphatic rings. The van der Waals surface area contributed by atoms with E-state index in [1.54, 1.807) is 0 Å². The molecule has 1 aromatic rings. The number of carbonyl (C=O) groups excluding carboxylic acids is 1. The zero-order valence-electron chi connectivity index (χ0n) is 12.4.